The van der Waals surface area contributed by atoms with Crippen LogP contribution in [0.25, 0.3) is 0 Å². The lowest BCUT2D eigenvalue weighted by molar-refractivity contribution is -0.162. The molecule has 4 N–H and O–H groups in total. The fourth-order valence-corrected chi connectivity index (χ4v) is 2.68. The number of hydrogen-bond acceptors (Lipinski definition) is 4. The zero-order valence-corrected chi connectivity index (χ0v) is 15.6. The molecule has 0 aromatic heterocycles. The Balaban J connectivity index is 2.17. The molecule has 0 bridgehead atoms. The van der Waals surface area contributed by atoms with E-state index < -0.39 is 63.7 Å². The van der Waals surface area contributed by atoms with Gasteiger partial charge in [-0.15, -0.1) is 0 Å². The summed E-state index contributed by atoms with van der Waals surface area (Å²) in [5.74, 6) is -4.42. The first-order valence-electron chi connectivity index (χ1n) is 8.54. The highest BCUT2D eigenvalue weighted by atomic mass is 19.4. The summed E-state index contributed by atoms with van der Waals surface area (Å²) in [6, 6.07) is 5.93. The van der Waals surface area contributed by atoms with E-state index in [9.17, 15) is 35.1 Å². The zero-order valence-electron chi connectivity index (χ0n) is 15.6. The molecule has 4 nitrogen and oxygen atoms in total. The maximum Gasteiger partial charge on any atom is 0.420 e. The zero-order chi connectivity index (χ0) is 23.8. The summed E-state index contributed by atoms with van der Waals surface area (Å²) in [6.45, 7) is 0. The minimum absolute atomic E-state index is 0.119. The molecule has 0 heterocycles. The number of rotatable bonds is 4. The lowest BCUT2D eigenvalue weighted by atomic mass is 10.0. The van der Waals surface area contributed by atoms with Gasteiger partial charge in [0.05, 0.1) is 16.9 Å². The number of ether oxygens (including phenoxy) is 2. The second-order valence-corrected chi connectivity index (χ2v) is 6.41. The minimum atomic E-state index is -5.48. The van der Waals surface area contributed by atoms with Crippen LogP contribution in [0.2, 0.25) is 0 Å². The van der Waals surface area contributed by atoms with E-state index in [4.69, 9.17) is 20.9 Å². The van der Waals surface area contributed by atoms with Gasteiger partial charge < -0.3 is 20.9 Å². The molecule has 3 aromatic carbocycles. The Morgan fingerprint density at radius 3 is 1.53 bits per heavy atom. The van der Waals surface area contributed by atoms with Crippen LogP contribution >= 0.6 is 0 Å². The number of anilines is 2. The third-order valence-corrected chi connectivity index (χ3v) is 4.06. The van der Waals surface area contributed by atoms with Crippen LogP contribution in [0.15, 0.2) is 48.5 Å². The second kappa shape index (κ2) is 8.09. The van der Waals surface area contributed by atoms with Crippen LogP contribution in [0.3, 0.4) is 0 Å². The monoisotopic (exact) mass is 464 g/mol. The van der Waals surface area contributed by atoms with Gasteiger partial charge in [0, 0.05) is 18.2 Å². The molecule has 0 fully saturated rings. The van der Waals surface area contributed by atoms with Crippen molar-refractivity contribution in [1.29, 1.82) is 0 Å². The Bertz CT molecular complexity index is 1160. The molecule has 0 aliphatic heterocycles. The number of halogens is 8. The Hall–Kier alpha value is -3.70. The lowest BCUT2D eigenvalue weighted by Crippen LogP contribution is -2.18. The third-order valence-electron chi connectivity index (χ3n) is 4.06. The molecule has 0 atom stereocenters. The van der Waals surface area contributed by atoms with Crippen molar-refractivity contribution < 1.29 is 44.6 Å². The van der Waals surface area contributed by atoms with Crippen molar-refractivity contribution in [2.75, 3.05) is 11.5 Å². The first-order valence-corrected chi connectivity index (χ1v) is 8.54. The van der Waals surface area contributed by atoms with E-state index in [1.807, 2.05) is 0 Å². The summed E-state index contributed by atoms with van der Waals surface area (Å²) in [5.41, 5.74) is 5.57. The third kappa shape index (κ3) is 4.95. The van der Waals surface area contributed by atoms with Crippen LogP contribution in [0, 0.1) is 11.6 Å². The number of benzene rings is 3. The van der Waals surface area contributed by atoms with Gasteiger partial charge in [0.15, 0.2) is 0 Å². The van der Waals surface area contributed by atoms with Crippen LogP contribution in [-0.4, -0.2) is 0 Å². The first-order chi connectivity index (χ1) is 14.8. The average Bonchev–Trinajstić information content (AvgIpc) is 2.66. The largest absolute Gasteiger partial charge is 0.457 e. The highest BCUT2D eigenvalue weighted by Gasteiger charge is 2.46. The van der Waals surface area contributed by atoms with Crippen LogP contribution in [0.4, 0.5) is 46.5 Å². The van der Waals surface area contributed by atoms with Gasteiger partial charge in [-0.25, -0.2) is 8.78 Å². The van der Waals surface area contributed by atoms with E-state index in [0.29, 0.717) is 6.07 Å². The molecule has 0 aliphatic carbocycles. The van der Waals surface area contributed by atoms with Gasteiger partial charge in [-0.2, -0.15) is 26.3 Å². The number of alkyl halides is 6. The topological polar surface area (TPSA) is 70.5 Å². The number of nitrogens with two attached hydrogens (primary N) is 2. The predicted octanol–water partition coefficient (Wildman–Crippen LogP) is 6.75. The van der Waals surface area contributed by atoms with Gasteiger partial charge in [0.25, 0.3) is 0 Å². The summed E-state index contributed by atoms with van der Waals surface area (Å²) in [5, 5.41) is 0. The number of hydrogen-bond donors (Lipinski definition) is 2. The SMILES string of the molecule is Nc1cc(Oc2cc(Oc3ccc(F)c(N)c3)c(C(F)(F)F)c(C(F)(F)F)c2)ccc1F. The molecule has 0 amide bonds. The molecular formula is C20H12F8N2O2. The van der Waals surface area contributed by atoms with Gasteiger partial charge in [-0.3, -0.25) is 0 Å². The highest BCUT2D eigenvalue weighted by molar-refractivity contribution is 5.54. The Kier molecular flexibility index (Phi) is 5.81. The molecule has 0 radical (unpaired) electrons. The molecule has 3 rings (SSSR count). The van der Waals surface area contributed by atoms with E-state index in [1.54, 1.807) is 0 Å². The summed E-state index contributed by atoms with van der Waals surface area (Å²) in [4.78, 5) is 0. The molecule has 0 aliphatic rings. The first kappa shape index (κ1) is 23.0. The average molecular weight is 464 g/mol. The molecule has 0 unspecified atom stereocenters. The van der Waals surface area contributed by atoms with Crippen molar-refractivity contribution in [3.05, 3.63) is 71.3 Å². The van der Waals surface area contributed by atoms with Crippen LogP contribution < -0.4 is 20.9 Å². The fraction of sp³-hybridized carbons (Fsp3) is 0.100. The Labute approximate surface area is 175 Å². The lowest BCUT2D eigenvalue weighted by Gasteiger charge is -2.21. The molecule has 0 saturated heterocycles. The Morgan fingerprint density at radius 1 is 0.594 bits per heavy atom. The van der Waals surface area contributed by atoms with E-state index >= 15 is 0 Å². The standard InChI is InChI=1S/C20H12F8N2O2/c21-13-3-1-9(6-15(13)29)31-11-5-12(19(23,24)25)18(20(26,27)28)17(8-11)32-10-2-4-14(22)16(30)7-10/h1-8H,29-30H2. The van der Waals surface area contributed by atoms with Crippen molar-refractivity contribution in [2.45, 2.75) is 12.4 Å². The summed E-state index contributed by atoms with van der Waals surface area (Å²) >= 11 is 0. The van der Waals surface area contributed by atoms with E-state index in [1.165, 1.54) is 0 Å². The molecule has 0 spiro atoms. The highest BCUT2D eigenvalue weighted by Crippen LogP contribution is 2.48. The van der Waals surface area contributed by atoms with Gasteiger partial charge >= 0.3 is 12.4 Å². The fourth-order valence-electron chi connectivity index (χ4n) is 2.68. The predicted molar refractivity (Wildman–Crippen MR) is 98.2 cm³/mol. The van der Waals surface area contributed by atoms with Crippen molar-refractivity contribution in [1.82, 2.24) is 0 Å². The summed E-state index contributed by atoms with van der Waals surface area (Å²) in [6.07, 6.45) is -10.9. The van der Waals surface area contributed by atoms with Crippen LogP contribution in [-0.2, 0) is 12.4 Å². The quantitative estimate of drug-likeness (QED) is 0.331. The van der Waals surface area contributed by atoms with Crippen molar-refractivity contribution >= 4 is 11.4 Å². The smallest absolute Gasteiger partial charge is 0.420 e. The van der Waals surface area contributed by atoms with E-state index in [-0.39, 0.29) is 11.8 Å². The summed E-state index contributed by atoms with van der Waals surface area (Å²) in [7, 11) is 0. The normalized spacial score (nSPS) is 12.0. The molecule has 3 aromatic rings. The van der Waals surface area contributed by atoms with Crippen molar-refractivity contribution in [3.63, 3.8) is 0 Å². The van der Waals surface area contributed by atoms with Gasteiger partial charge in [0.1, 0.15) is 40.2 Å². The second-order valence-electron chi connectivity index (χ2n) is 6.41. The molecule has 170 valence electrons. The van der Waals surface area contributed by atoms with Gasteiger partial charge in [0.2, 0.25) is 0 Å². The van der Waals surface area contributed by atoms with Gasteiger partial charge in [-0.05, 0) is 30.3 Å². The summed E-state index contributed by atoms with van der Waals surface area (Å²) < 4.78 is 118. The maximum atomic E-state index is 13.6. The van der Waals surface area contributed by atoms with E-state index in [2.05, 4.69) is 0 Å². The number of nitrogen functional groups attached to an aromatic ring is 2. The van der Waals surface area contributed by atoms with Crippen molar-refractivity contribution in [2.24, 2.45) is 0 Å². The van der Waals surface area contributed by atoms with Crippen molar-refractivity contribution in [3.8, 4) is 23.0 Å². The van der Waals surface area contributed by atoms with Crippen LogP contribution in [0.1, 0.15) is 11.1 Å². The maximum absolute atomic E-state index is 13.6. The Morgan fingerprint density at radius 2 is 1.09 bits per heavy atom. The van der Waals surface area contributed by atoms with E-state index in [0.717, 1.165) is 36.4 Å². The molecule has 0 saturated carbocycles. The van der Waals surface area contributed by atoms with Gasteiger partial charge in [-0.1, -0.05) is 0 Å². The molecule has 12 heteroatoms. The minimum Gasteiger partial charge on any atom is -0.457 e. The van der Waals surface area contributed by atoms with Crippen LogP contribution in [0.5, 0.6) is 23.0 Å². The molecular weight excluding hydrogens is 452 g/mol. The molecule has 32 heavy (non-hydrogen) atoms.